The fraction of sp³-hybridized carbons (Fsp3) is 0.421. The van der Waals surface area contributed by atoms with Gasteiger partial charge in [-0.2, -0.15) is 0 Å². The average molecular weight is 358 g/mol. The second-order valence-corrected chi connectivity index (χ2v) is 6.59. The minimum absolute atomic E-state index is 0.144. The maximum Gasteiger partial charge on any atom is 0.305 e. The molecule has 1 aliphatic heterocycles. The number of ether oxygens (including phenoxy) is 1. The smallest absolute Gasteiger partial charge is 0.305 e. The second-order valence-electron chi connectivity index (χ2n) is 6.59. The lowest BCUT2D eigenvalue weighted by Gasteiger charge is -2.26. The van der Waals surface area contributed by atoms with E-state index in [-0.39, 0.29) is 25.4 Å². The van der Waals surface area contributed by atoms with Gasteiger partial charge in [-0.15, -0.1) is 0 Å². The maximum atomic E-state index is 12.3. The number of oxazole rings is 1. The molecule has 0 radical (unpaired) electrons. The maximum absolute atomic E-state index is 12.3. The number of carbonyl (C=O) groups is 2. The zero-order valence-electron chi connectivity index (χ0n) is 14.7. The first kappa shape index (κ1) is 18.1. The third kappa shape index (κ3) is 4.29. The number of benzene rings is 1. The van der Waals surface area contributed by atoms with E-state index in [1.807, 2.05) is 37.3 Å². The van der Waals surface area contributed by atoms with Crippen molar-refractivity contribution < 1.29 is 23.8 Å². The molecular weight excluding hydrogens is 336 g/mol. The van der Waals surface area contributed by atoms with Gasteiger partial charge in [-0.3, -0.25) is 9.59 Å². The molecule has 1 aromatic carbocycles. The molecule has 0 spiro atoms. The number of nitrogens with zero attached hydrogens (tertiary/aromatic N) is 1. The van der Waals surface area contributed by atoms with Crippen molar-refractivity contribution in [1.82, 2.24) is 10.3 Å². The SMILES string of the molecule is Cc1nc(CCC(=O)NC2(CC(=O)O)CCOC2)oc1-c1ccccc1. The first-order valence-electron chi connectivity index (χ1n) is 8.60. The van der Waals surface area contributed by atoms with Crippen molar-refractivity contribution in [2.45, 2.75) is 38.1 Å². The van der Waals surface area contributed by atoms with Crippen LogP contribution in [-0.4, -0.2) is 40.7 Å². The van der Waals surface area contributed by atoms with Crippen LogP contribution in [0.15, 0.2) is 34.7 Å². The predicted octanol–water partition coefficient (Wildman–Crippen LogP) is 2.33. The van der Waals surface area contributed by atoms with E-state index in [9.17, 15) is 9.59 Å². The van der Waals surface area contributed by atoms with Crippen molar-refractivity contribution >= 4 is 11.9 Å². The molecule has 2 heterocycles. The number of aryl methyl sites for hydroxylation is 2. The molecule has 1 aliphatic rings. The molecule has 1 unspecified atom stereocenters. The minimum Gasteiger partial charge on any atom is -0.481 e. The number of carbonyl (C=O) groups excluding carboxylic acids is 1. The van der Waals surface area contributed by atoms with E-state index in [0.717, 1.165) is 11.3 Å². The third-order valence-corrected chi connectivity index (χ3v) is 4.44. The quantitative estimate of drug-likeness (QED) is 0.788. The lowest BCUT2D eigenvalue weighted by atomic mass is 9.94. The number of hydrogen-bond donors (Lipinski definition) is 2. The molecule has 0 saturated carbocycles. The molecule has 3 rings (SSSR count). The summed E-state index contributed by atoms with van der Waals surface area (Å²) in [5, 5.41) is 11.9. The zero-order chi connectivity index (χ0) is 18.6. The summed E-state index contributed by atoms with van der Waals surface area (Å²) in [4.78, 5) is 27.7. The molecule has 1 saturated heterocycles. The molecule has 7 heteroatoms. The summed E-state index contributed by atoms with van der Waals surface area (Å²) in [6.45, 7) is 2.54. The summed E-state index contributed by atoms with van der Waals surface area (Å²) in [5.41, 5.74) is 0.903. The van der Waals surface area contributed by atoms with Gasteiger partial charge in [0.05, 0.1) is 24.3 Å². The average Bonchev–Trinajstić information content (AvgIpc) is 3.20. The molecule has 1 aromatic heterocycles. The highest BCUT2D eigenvalue weighted by molar-refractivity contribution is 5.78. The van der Waals surface area contributed by atoms with Gasteiger partial charge < -0.3 is 19.6 Å². The topological polar surface area (TPSA) is 102 Å². The van der Waals surface area contributed by atoms with E-state index < -0.39 is 11.5 Å². The minimum atomic E-state index is -0.952. The largest absolute Gasteiger partial charge is 0.481 e. The first-order valence-corrected chi connectivity index (χ1v) is 8.60. The number of carboxylic acids is 1. The number of rotatable bonds is 7. The molecule has 7 nitrogen and oxygen atoms in total. The van der Waals surface area contributed by atoms with Gasteiger partial charge >= 0.3 is 5.97 Å². The van der Waals surface area contributed by atoms with Crippen LogP contribution in [0.25, 0.3) is 11.3 Å². The molecule has 1 amide bonds. The van der Waals surface area contributed by atoms with Crippen LogP contribution in [-0.2, 0) is 20.7 Å². The van der Waals surface area contributed by atoms with E-state index >= 15 is 0 Å². The van der Waals surface area contributed by atoms with Gasteiger partial charge in [0, 0.05) is 25.0 Å². The summed E-state index contributed by atoms with van der Waals surface area (Å²) >= 11 is 0. The Morgan fingerprint density at radius 3 is 2.73 bits per heavy atom. The summed E-state index contributed by atoms with van der Waals surface area (Å²) in [7, 11) is 0. The number of carboxylic acid groups (broad SMARTS) is 1. The van der Waals surface area contributed by atoms with E-state index in [2.05, 4.69) is 10.3 Å². The first-order chi connectivity index (χ1) is 12.5. The van der Waals surface area contributed by atoms with Crippen LogP contribution in [0.5, 0.6) is 0 Å². The van der Waals surface area contributed by atoms with E-state index in [0.29, 0.717) is 31.1 Å². The highest BCUT2D eigenvalue weighted by atomic mass is 16.5. The highest BCUT2D eigenvalue weighted by Gasteiger charge is 2.38. The predicted molar refractivity (Wildman–Crippen MR) is 93.6 cm³/mol. The molecule has 138 valence electrons. The van der Waals surface area contributed by atoms with Crippen molar-refractivity contribution in [3.05, 3.63) is 41.9 Å². The Hall–Kier alpha value is -2.67. The fourth-order valence-electron chi connectivity index (χ4n) is 3.17. The van der Waals surface area contributed by atoms with Crippen LogP contribution in [0.1, 0.15) is 30.8 Å². The molecule has 26 heavy (non-hydrogen) atoms. The number of aliphatic carboxylic acids is 1. The monoisotopic (exact) mass is 358 g/mol. The summed E-state index contributed by atoms with van der Waals surface area (Å²) < 4.78 is 11.1. The molecular formula is C19H22N2O5. The van der Waals surface area contributed by atoms with Crippen molar-refractivity contribution in [1.29, 1.82) is 0 Å². The van der Waals surface area contributed by atoms with Gasteiger partial charge in [-0.1, -0.05) is 30.3 Å². The van der Waals surface area contributed by atoms with Crippen molar-refractivity contribution in [3.8, 4) is 11.3 Å². The molecule has 1 fully saturated rings. The Kier molecular flexibility index (Phi) is 5.37. The Bertz CT molecular complexity index is 778. The van der Waals surface area contributed by atoms with Gasteiger partial charge in [0.1, 0.15) is 0 Å². The Morgan fingerprint density at radius 1 is 1.31 bits per heavy atom. The summed E-state index contributed by atoms with van der Waals surface area (Å²) in [6.07, 6.45) is 0.884. The lowest BCUT2D eigenvalue weighted by Crippen LogP contribution is -2.50. The number of nitrogens with one attached hydrogen (secondary N) is 1. The van der Waals surface area contributed by atoms with E-state index in [4.69, 9.17) is 14.3 Å². The van der Waals surface area contributed by atoms with Crippen molar-refractivity contribution in [2.24, 2.45) is 0 Å². The Morgan fingerprint density at radius 2 is 2.08 bits per heavy atom. The van der Waals surface area contributed by atoms with Gasteiger partial charge in [-0.05, 0) is 13.3 Å². The molecule has 0 bridgehead atoms. The normalized spacial score (nSPS) is 19.4. The van der Waals surface area contributed by atoms with E-state index in [1.165, 1.54) is 0 Å². The number of hydrogen-bond acceptors (Lipinski definition) is 5. The Balaban J connectivity index is 1.60. The molecule has 0 aliphatic carbocycles. The van der Waals surface area contributed by atoms with Gasteiger partial charge in [0.2, 0.25) is 5.91 Å². The van der Waals surface area contributed by atoms with Crippen LogP contribution in [0.3, 0.4) is 0 Å². The fourth-order valence-corrected chi connectivity index (χ4v) is 3.17. The van der Waals surface area contributed by atoms with Crippen molar-refractivity contribution in [3.63, 3.8) is 0 Å². The Labute approximate surface area is 151 Å². The van der Waals surface area contributed by atoms with Crippen LogP contribution < -0.4 is 5.32 Å². The summed E-state index contributed by atoms with van der Waals surface area (Å²) in [6, 6.07) is 9.67. The summed E-state index contributed by atoms with van der Waals surface area (Å²) in [5.74, 6) is 0.0134. The highest BCUT2D eigenvalue weighted by Crippen LogP contribution is 2.25. The van der Waals surface area contributed by atoms with Crippen LogP contribution in [0, 0.1) is 6.92 Å². The molecule has 2 aromatic rings. The molecule has 1 atom stereocenters. The van der Waals surface area contributed by atoms with Gasteiger partial charge in [0.15, 0.2) is 11.7 Å². The van der Waals surface area contributed by atoms with Crippen LogP contribution in [0.2, 0.25) is 0 Å². The third-order valence-electron chi connectivity index (χ3n) is 4.44. The molecule has 2 N–H and O–H groups in total. The second kappa shape index (κ2) is 7.70. The lowest BCUT2D eigenvalue weighted by molar-refractivity contribution is -0.139. The number of amides is 1. The number of aromatic nitrogens is 1. The standard InChI is InChI=1S/C19H22N2O5/c1-13-18(14-5-3-2-4-6-14)26-16(20-13)8-7-15(22)21-19(11-17(23)24)9-10-25-12-19/h2-6H,7-12H2,1H3,(H,21,22)(H,23,24). The van der Waals surface area contributed by atoms with Gasteiger partial charge in [-0.25, -0.2) is 4.98 Å². The van der Waals surface area contributed by atoms with Crippen LogP contribution in [0.4, 0.5) is 0 Å². The van der Waals surface area contributed by atoms with Crippen molar-refractivity contribution in [2.75, 3.05) is 13.2 Å². The van der Waals surface area contributed by atoms with E-state index in [1.54, 1.807) is 0 Å². The van der Waals surface area contributed by atoms with Crippen LogP contribution >= 0.6 is 0 Å². The van der Waals surface area contributed by atoms with Gasteiger partial charge in [0.25, 0.3) is 0 Å². The zero-order valence-corrected chi connectivity index (χ0v) is 14.7.